The SMILES string of the molecule is Cc1noc(C)c1CN1C(=O)[C@@H]2CC[C@H]1CN(CC(=O)N1CCOCC1)C2. The van der Waals surface area contributed by atoms with Crippen LogP contribution in [-0.2, 0) is 20.9 Å². The number of carbonyl (C=O) groups excluding carboxylic acids is 2. The molecule has 0 unspecified atom stereocenters. The monoisotopic (exact) mass is 376 g/mol. The van der Waals surface area contributed by atoms with Gasteiger partial charge in [-0.25, -0.2) is 0 Å². The third-order valence-corrected chi connectivity index (χ3v) is 6.10. The molecule has 0 spiro atoms. The number of carbonyl (C=O) groups is 2. The normalized spacial score (nSPS) is 26.5. The van der Waals surface area contributed by atoms with E-state index in [2.05, 4.69) is 10.1 Å². The molecule has 2 amide bonds. The quantitative estimate of drug-likeness (QED) is 0.765. The van der Waals surface area contributed by atoms with Crippen LogP contribution < -0.4 is 0 Å². The number of amides is 2. The molecule has 148 valence electrons. The lowest BCUT2D eigenvalue weighted by atomic mass is 9.93. The zero-order chi connectivity index (χ0) is 19.0. The highest BCUT2D eigenvalue weighted by Gasteiger charge is 2.41. The molecule has 2 atom stereocenters. The number of piperidine rings is 1. The molecule has 0 saturated carbocycles. The van der Waals surface area contributed by atoms with Gasteiger partial charge in [0.15, 0.2) is 0 Å². The molecule has 0 radical (unpaired) electrons. The first kappa shape index (κ1) is 18.4. The van der Waals surface area contributed by atoms with Gasteiger partial charge in [-0.1, -0.05) is 5.16 Å². The van der Waals surface area contributed by atoms with Crippen molar-refractivity contribution < 1.29 is 18.8 Å². The number of hydrogen-bond donors (Lipinski definition) is 0. The van der Waals surface area contributed by atoms with Gasteiger partial charge >= 0.3 is 0 Å². The number of fused-ring (bicyclic) bond motifs is 4. The van der Waals surface area contributed by atoms with Crippen LogP contribution in [0.2, 0.25) is 0 Å². The third kappa shape index (κ3) is 3.73. The van der Waals surface area contributed by atoms with E-state index in [-0.39, 0.29) is 23.8 Å². The summed E-state index contributed by atoms with van der Waals surface area (Å²) in [6.07, 6.45) is 1.89. The van der Waals surface area contributed by atoms with E-state index >= 15 is 0 Å². The number of morpholine rings is 1. The van der Waals surface area contributed by atoms with E-state index in [1.165, 1.54) is 0 Å². The molecule has 4 aliphatic heterocycles. The predicted molar refractivity (Wildman–Crippen MR) is 96.9 cm³/mol. The molecule has 4 fully saturated rings. The highest BCUT2D eigenvalue weighted by molar-refractivity contribution is 5.81. The van der Waals surface area contributed by atoms with Crippen LogP contribution in [-0.4, -0.2) is 83.7 Å². The van der Waals surface area contributed by atoms with E-state index in [0.717, 1.165) is 36.4 Å². The Bertz CT molecular complexity index is 693. The van der Waals surface area contributed by atoms with Crippen molar-refractivity contribution in [2.24, 2.45) is 5.92 Å². The van der Waals surface area contributed by atoms with Gasteiger partial charge in [0.2, 0.25) is 11.8 Å². The lowest BCUT2D eigenvalue weighted by molar-refractivity contribution is -0.141. The molecule has 4 aliphatic rings. The van der Waals surface area contributed by atoms with Gasteiger partial charge < -0.3 is 19.1 Å². The molecule has 4 saturated heterocycles. The first-order valence-electron chi connectivity index (χ1n) is 9.83. The number of aryl methyl sites for hydroxylation is 2. The molecule has 8 nitrogen and oxygen atoms in total. The summed E-state index contributed by atoms with van der Waals surface area (Å²) >= 11 is 0. The maximum absolute atomic E-state index is 13.0. The van der Waals surface area contributed by atoms with Crippen LogP contribution in [0.1, 0.15) is 29.9 Å². The van der Waals surface area contributed by atoms with Gasteiger partial charge in [-0.05, 0) is 26.7 Å². The topological polar surface area (TPSA) is 79.1 Å². The number of hydrogen-bond acceptors (Lipinski definition) is 6. The number of aromatic nitrogens is 1. The molecule has 1 aromatic rings. The van der Waals surface area contributed by atoms with Gasteiger partial charge in [0.05, 0.1) is 37.9 Å². The van der Waals surface area contributed by atoms with Crippen molar-refractivity contribution in [2.45, 2.75) is 39.3 Å². The Morgan fingerprint density at radius 2 is 1.96 bits per heavy atom. The van der Waals surface area contributed by atoms with Crippen molar-refractivity contribution in [1.82, 2.24) is 19.9 Å². The Balaban J connectivity index is 1.44. The Hall–Kier alpha value is -1.93. The standard InChI is InChI=1S/C19H28N4O4/c1-13-17(14(2)27-20-13)11-23-16-4-3-15(19(23)25)9-21(10-16)12-18(24)22-5-7-26-8-6-22/h15-16H,3-12H2,1-2H3/t15-,16+/m1/s1. The predicted octanol–water partition coefficient (Wildman–Crippen LogP) is 0.573. The molecule has 5 heterocycles. The highest BCUT2D eigenvalue weighted by atomic mass is 16.5. The van der Waals surface area contributed by atoms with Crippen molar-refractivity contribution in [3.8, 4) is 0 Å². The molecule has 8 heteroatoms. The van der Waals surface area contributed by atoms with Gasteiger partial charge in [-0.15, -0.1) is 0 Å². The highest BCUT2D eigenvalue weighted by Crippen LogP contribution is 2.31. The summed E-state index contributed by atoms with van der Waals surface area (Å²) in [5.41, 5.74) is 1.85. The molecule has 0 aliphatic carbocycles. The van der Waals surface area contributed by atoms with Crippen molar-refractivity contribution in [1.29, 1.82) is 0 Å². The minimum absolute atomic E-state index is 0.0262. The lowest BCUT2D eigenvalue weighted by Crippen LogP contribution is -2.48. The zero-order valence-corrected chi connectivity index (χ0v) is 16.1. The van der Waals surface area contributed by atoms with Crippen LogP contribution in [0, 0.1) is 19.8 Å². The average Bonchev–Trinajstić information content (AvgIpc) is 2.83. The second-order valence-electron chi connectivity index (χ2n) is 7.88. The van der Waals surface area contributed by atoms with Crippen LogP contribution in [0.3, 0.4) is 0 Å². The van der Waals surface area contributed by atoms with E-state index in [9.17, 15) is 9.59 Å². The van der Waals surface area contributed by atoms with Gasteiger partial charge in [-0.2, -0.15) is 0 Å². The summed E-state index contributed by atoms with van der Waals surface area (Å²) in [6.45, 7) is 8.72. The van der Waals surface area contributed by atoms with Crippen molar-refractivity contribution in [3.05, 3.63) is 17.0 Å². The maximum Gasteiger partial charge on any atom is 0.236 e. The number of nitrogens with zero attached hydrogens (tertiary/aromatic N) is 4. The van der Waals surface area contributed by atoms with E-state index in [0.29, 0.717) is 45.9 Å². The van der Waals surface area contributed by atoms with E-state index in [4.69, 9.17) is 9.26 Å². The second-order valence-corrected chi connectivity index (χ2v) is 7.88. The molecule has 0 N–H and O–H groups in total. The van der Waals surface area contributed by atoms with E-state index in [1.54, 1.807) is 0 Å². The first-order chi connectivity index (χ1) is 13.0. The fourth-order valence-corrected chi connectivity index (χ4v) is 4.47. The van der Waals surface area contributed by atoms with Crippen LogP contribution >= 0.6 is 0 Å². The van der Waals surface area contributed by atoms with Gasteiger partial charge in [0.1, 0.15) is 5.76 Å². The van der Waals surface area contributed by atoms with Crippen molar-refractivity contribution in [2.75, 3.05) is 45.9 Å². The molecule has 5 rings (SSSR count). The summed E-state index contributed by atoms with van der Waals surface area (Å²) in [7, 11) is 0. The van der Waals surface area contributed by atoms with Crippen LogP contribution in [0.25, 0.3) is 0 Å². The second kappa shape index (κ2) is 7.59. The zero-order valence-electron chi connectivity index (χ0n) is 16.1. The summed E-state index contributed by atoms with van der Waals surface area (Å²) < 4.78 is 10.6. The fourth-order valence-electron chi connectivity index (χ4n) is 4.47. The Morgan fingerprint density at radius 3 is 2.67 bits per heavy atom. The first-order valence-corrected chi connectivity index (χ1v) is 9.83. The van der Waals surface area contributed by atoms with Gasteiger partial charge in [0.25, 0.3) is 0 Å². The van der Waals surface area contributed by atoms with E-state index < -0.39 is 0 Å². The Kier molecular flexibility index (Phi) is 5.19. The maximum atomic E-state index is 13.0. The molecule has 1 aromatic heterocycles. The summed E-state index contributed by atoms with van der Waals surface area (Å²) in [4.78, 5) is 31.7. The lowest BCUT2D eigenvalue weighted by Gasteiger charge is -2.36. The van der Waals surface area contributed by atoms with Crippen LogP contribution in [0.4, 0.5) is 0 Å². The van der Waals surface area contributed by atoms with Crippen molar-refractivity contribution >= 4 is 11.8 Å². The van der Waals surface area contributed by atoms with Crippen molar-refractivity contribution in [3.63, 3.8) is 0 Å². The molecule has 2 bridgehead atoms. The summed E-state index contributed by atoms with van der Waals surface area (Å²) in [6, 6.07) is 0.141. The minimum Gasteiger partial charge on any atom is -0.378 e. The Labute approximate surface area is 159 Å². The van der Waals surface area contributed by atoms with Crippen LogP contribution in [0.5, 0.6) is 0 Å². The summed E-state index contributed by atoms with van der Waals surface area (Å²) in [5, 5.41) is 4.01. The molecule has 0 aromatic carbocycles. The van der Waals surface area contributed by atoms with Gasteiger partial charge in [-0.3, -0.25) is 14.5 Å². The van der Waals surface area contributed by atoms with Crippen LogP contribution in [0.15, 0.2) is 4.52 Å². The average molecular weight is 376 g/mol. The third-order valence-electron chi connectivity index (χ3n) is 6.10. The number of ether oxygens (including phenoxy) is 1. The smallest absolute Gasteiger partial charge is 0.236 e. The Morgan fingerprint density at radius 1 is 1.19 bits per heavy atom. The summed E-state index contributed by atoms with van der Waals surface area (Å²) in [5.74, 6) is 1.10. The molecular weight excluding hydrogens is 348 g/mol. The molecular formula is C19H28N4O4. The van der Waals surface area contributed by atoms with E-state index in [1.807, 2.05) is 23.6 Å². The number of rotatable bonds is 4. The van der Waals surface area contributed by atoms with Gasteiger partial charge in [0, 0.05) is 37.8 Å². The fraction of sp³-hybridized carbons (Fsp3) is 0.737. The largest absolute Gasteiger partial charge is 0.378 e. The minimum atomic E-state index is -0.0262. The molecule has 27 heavy (non-hydrogen) atoms.